The van der Waals surface area contributed by atoms with E-state index in [0.29, 0.717) is 34.0 Å². The highest BCUT2D eigenvalue weighted by Gasteiger charge is 2.41. The summed E-state index contributed by atoms with van der Waals surface area (Å²) in [7, 11) is 0. The zero-order valence-corrected chi connectivity index (χ0v) is 33.7. The van der Waals surface area contributed by atoms with Gasteiger partial charge in [-0.2, -0.15) is 0 Å². The van der Waals surface area contributed by atoms with Crippen LogP contribution < -0.4 is 10.6 Å². The minimum Gasteiger partial charge on any atom is -0.390 e. The van der Waals surface area contributed by atoms with E-state index in [-0.39, 0.29) is 23.1 Å². The molecule has 58 heavy (non-hydrogen) atoms. The quantitative estimate of drug-likeness (QED) is 0.0664. The van der Waals surface area contributed by atoms with E-state index >= 15 is 0 Å². The topological polar surface area (TPSA) is 132 Å². The molecule has 0 saturated heterocycles. The van der Waals surface area contributed by atoms with Crippen LogP contribution in [0.25, 0.3) is 10.9 Å². The largest absolute Gasteiger partial charge is 0.390 e. The van der Waals surface area contributed by atoms with Crippen molar-refractivity contribution in [1.29, 1.82) is 0 Å². The van der Waals surface area contributed by atoms with Gasteiger partial charge in [0, 0.05) is 28.5 Å². The van der Waals surface area contributed by atoms with Crippen molar-refractivity contribution in [2.75, 3.05) is 0 Å². The maximum atomic E-state index is 14.6. The molecular weight excluding hydrogens is 769 g/mol. The van der Waals surface area contributed by atoms with Crippen molar-refractivity contribution >= 4 is 45.9 Å². The van der Waals surface area contributed by atoms with Crippen molar-refractivity contribution in [2.24, 2.45) is 11.8 Å². The van der Waals surface area contributed by atoms with Crippen LogP contribution in [-0.4, -0.2) is 60.9 Å². The Morgan fingerprint density at radius 3 is 2.00 bits per heavy atom. The molecule has 2 aliphatic carbocycles. The van der Waals surface area contributed by atoms with Crippen molar-refractivity contribution in [3.05, 3.63) is 160 Å². The molecule has 0 aliphatic heterocycles. The number of aliphatic hydroxyl groups excluding tert-OH is 2. The van der Waals surface area contributed by atoms with E-state index in [9.17, 15) is 19.8 Å². The van der Waals surface area contributed by atoms with Gasteiger partial charge in [-0.3, -0.25) is 9.59 Å². The Morgan fingerprint density at radius 2 is 1.41 bits per heavy atom. The van der Waals surface area contributed by atoms with Crippen LogP contribution in [0, 0.1) is 11.8 Å². The number of benzene rings is 4. The number of halogens is 2. The van der Waals surface area contributed by atoms with Crippen LogP contribution in [0.4, 0.5) is 0 Å². The van der Waals surface area contributed by atoms with Gasteiger partial charge in [-0.15, -0.1) is 0 Å². The Balaban J connectivity index is 1.16. The summed E-state index contributed by atoms with van der Waals surface area (Å²) in [5, 5.41) is 30.1. The highest BCUT2D eigenvalue weighted by atomic mass is 35.5. The summed E-state index contributed by atoms with van der Waals surface area (Å²) in [5.74, 6) is -0.743. The number of fused-ring (bicyclic) bond motifs is 1. The number of aliphatic hydroxyl groups is 2. The van der Waals surface area contributed by atoms with Gasteiger partial charge in [-0.1, -0.05) is 146 Å². The molecule has 11 heteroatoms. The van der Waals surface area contributed by atoms with Gasteiger partial charge in [0.25, 0.3) is 5.91 Å². The van der Waals surface area contributed by atoms with Crippen LogP contribution in [0.2, 0.25) is 10.0 Å². The van der Waals surface area contributed by atoms with Crippen molar-refractivity contribution in [3.8, 4) is 0 Å². The molecule has 2 heterocycles. The minimum atomic E-state index is -1.15. The molecule has 2 aliphatic rings. The molecule has 0 spiro atoms. The Kier molecular flexibility index (Phi) is 12.0. The Morgan fingerprint density at radius 1 is 0.810 bits per heavy atom. The number of carbonyl (C=O) groups is 2. The molecule has 0 bridgehead atoms. The lowest BCUT2D eigenvalue weighted by Crippen LogP contribution is -2.56. The SMILES string of the molecule is O=C(N[C@@H](Cc1cn(C(c2ccccc2)(c2ccccc2)c2ccccc2)cn1)C(=O)N[C@@H](CC1CCCCC1)[C@@H](O)[C@@H](O)C1CC1)c1[nH]c2cc(Cl)ccc2c1Cl. The fourth-order valence-corrected chi connectivity index (χ4v) is 9.35. The predicted octanol–water partition coefficient (Wildman–Crippen LogP) is 8.44. The Bertz CT molecular complexity index is 2230. The molecular formula is C47H49Cl2N5O4. The van der Waals surface area contributed by atoms with Gasteiger partial charge in [0.15, 0.2) is 0 Å². The molecule has 0 radical (unpaired) electrons. The summed E-state index contributed by atoms with van der Waals surface area (Å²) < 4.78 is 2.07. The molecule has 6 aromatic rings. The summed E-state index contributed by atoms with van der Waals surface area (Å²) in [6.07, 6.45) is 9.24. The van der Waals surface area contributed by atoms with Crippen molar-refractivity contribution in [2.45, 2.75) is 87.6 Å². The van der Waals surface area contributed by atoms with Crippen molar-refractivity contribution in [1.82, 2.24) is 25.2 Å². The van der Waals surface area contributed by atoms with Crippen LogP contribution in [0.1, 0.15) is 84.2 Å². The van der Waals surface area contributed by atoms with Gasteiger partial charge in [-0.05, 0) is 66.0 Å². The average Bonchev–Trinajstić information content (AvgIpc) is 3.92. The zero-order valence-electron chi connectivity index (χ0n) is 32.2. The van der Waals surface area contributed by atoms with Crippen LogP contribution in [0.3, 0.4) is 0 Å². The fourth-order valence-electron chi connectivity index (χ4n) is 8.88. The Hall–Kier alpha value is -4.93. The summed E-state index contributed by atoms with van der Waals surface area (Å²) >= 11 is 13.0. The molecule has 8 rings (SSSR count). The number of hydrogen-bond donors (Lipinski definition) is 5. The summed E-state index contributed by atoms with van der Waals surface area (Å²) in [5.41, 5.74) is 3.46. The van der Waals surface area contributed by atoms with E-state index in [4.69, 9.17) is 28.2 Å². The molecule has 2 saturated carbocycles. The fraction of sp³-hybridized carbons (Fsp3) is 0.340. The normalized spacial score (nSPS) is 17.0. The highest BCUT2D eigenvalue weighted by Crippen LogP contribution is 2.41. The third kappa shape index (κ3) is 8.32. The number of carbonyl (C=O) groups excluding carboxylic acids is 2. The van der Waals surface area contributed by atoms with E-state index in [1.807, 2.05) is 60.8 Å². The number of nitrogens with one attached hydrogen (secondary N) is 3. The minimum absolute atomic E-state index is 0.0111. The lowest BCUT2D eigenvalue weighted by Gasteiger charge is -2.37. The van der Waals surface area contributed by atoms with E-state index < -0.39 is 41.6 Å². The number of nitrogens with zero attached hydrogens (tertiary/aromatic N) is 2. The highest BCUT2D eigenvalue weighted by molar-refractivity contribution is 6.39. The van der Waals surface area contributed by atoms with Gasteiger partial charge in [0.2, 0.25) is 5.91 Å². The van der Waals surface area contributed by atoms with E-state index in [1.54, 1.807) is 24.5 Å². The molecule has 4 atom stereocenters. The number of amides is 2. The van der Waals surface area contributed by atoms with Gasteiger partial charge in [0.05, 0.1) is 29.2 Å². The standard InChI is InChI=1S/C47H49Cl2N5O4/c48-35-23-24-37-38(26-35)51-42(41(37)49)46(58)53-40(45(57)52-39(25-30-13-5-1-6-14-30)44(56)43(55)31-21-22-31)27-36-28-54(29-50-36)47(32-15-7-2-8-16-32,33-17-9-3-10-18-33)34-19-11-4-12-20-34/h2-4,7-12,15-20,23-24,26,28-31,39-40,43-44,51,55-56H,1,5-6,13-14,21-22,25,27H2,(H,52,57)(H,53,58)/t39-,40-,43-,44+/m0/s1. The first kappa shape index (κ1) is 39.9. The summed E-state index contributed by atoms with van der Waals surface area (Å²) in [4.78, 5) is 36.7. The number of aromatic amines is 1. The molecule has 2 fully saturated rings. The number of rotatable bonds is 15. The van der Waals surface area contributed by atoms with Gasteiger partial charge in [-0.25, -0.2) is 4.98 Å². The lowest BCUT2D eigenvalue weighted by atomic mass is 9.77. The molecule has 4 aromatic carbocycles. The number of H-pyrrole nitrogens is 1. The molecule has 2 amide bonds. The Labute approximate surface area is 348 Å². The third-order valence-electron chi connectivity index (χ3n) is 12.1. The maximum Gasteiger partial charge on any atom is 0.269 e. The van der Waals surface area contributed by atoms with Gasteiger partial charge >= 0.3 is 0 Å². The molecule has 2 aromatic heterocycles. The second-order valence-corrected chi connectivity index (χ2v) is 16.8. The summed E-state index contributed by atoms with van der Waals surface area (Å²) in [6, 6.07) is 34.0. The first-order valence-electron chi connectivity index (χ1n) is 20.4. The smallest absolute Gasteiger partial charge is 0.269 e. The van der Waals surface area contributed by atoms with E-state index in [0.717, 1.165) is 55.2 Å². The van der Waals surface area contributed by atoms with Crippen LogP contribution in [0.5, 0.6) is 0 Å². The van der Waals surface area contributed by atoms with Crippen LogP contribution in [0.15, 0.2) is 122 Å². The van der Waals surface area contributed by atoms with Gasteiger partial charge in [0.1, 0.15) is 23.4 Å². The predicted molar refractivity (Wildman–Crippen MR) is 228 cm³/mol. The van der Waals surface area contributed by atoms with Gasteiger partial charge < -0.3 is 30.4 Å². The molecule has 0 unspecified atom stereocenters. The first-order chi connectivity index (χ1) is 28.2. The molecule has 300 valence electrons. The summed E-state index contributed by atoms with van der Waals surface area (Å²) in [6.45, 7) is 0. The first-order valence-corrected chi connectivity index (χ1v) is 21.1. The van der Waals surface area contributed by atoms with Crippen LogP contribution >= 0.6 is 23.2 Å². The van der Waals surface area contributed by atoms with E-state index in [1.165, 1.54) is 6.42 Å². The second kappa shape index (κ2) is 17.5. The average molecular weight is 819 g/mol. The zero-order chi connectivity index (χ0) is 40.2. The molecule has 9 nitrogen and oxygen atoms in total. The monoisotopic (exact) mass is 817 g/mol. The van der Waals surface area contributed by atoms with Crippen molar-refractivity contribution < 1.29 is 19.8 Å². The molecule has 5 N–H and O–H groups in total. The van der Waals surface area contributed by atoms with E-state index in [2.05, 4.69) is 56.6 Å². The van der Waals surface area contributed by atoms with Crippen molar-refractivity contribution in [3.63, 3.8) is 0 Å². The van der Waals surface area contributed by atoms with Crippen LogP contribution in [-0.2, 0) is 16.8 Å². The lowest BCUT2D eigenvalue weighted by molar-refractivity contribution is -0.125. The number of aromatic nitrogens is 3. The maximum absolute atomic E-state index is 14.6. The second-order valence-electron chi connectivity index (χ2n) is 16.0. The number of hydrogen-bond acceptors (Lipinski definition) is 5. The third-order valence-corrected chi connectivity index (χ3v) is 12.7. The number of imidazole rings is 1.